The van der Waals surface area contributed by atoms with Crippen LogP contribution < -0.4 is 0 Å². The van der Waals surface area contributed by atoms with Crippen molar-refractivity contribution >= 4 is 17.6 Å². The second-order valence-electron chi connectivity index (χ2n) is 8.68. The van der Waals surface area contributed by atoms with E-state index < -0.39 is 0 Å². The van der Waals surface area contributed by atoms with Gasteiger partial charge in [0.2, 0.25) is 0 Å². The van der Waals surface area contributed by atoms with Gasteiger partial charge in [-0.15, -0.1) is 0 Å². The Kier molecular flexibility index (Phi) is 9.24. The van der Waals surface area contributed by atoms with Gasteiger partial charge in [-0.05, 0) is 44.4 Å². The molecule has 0 bridgehead atoms. The molecule has 0 unspecified atom stereocenters. The van der Waals surface area contributed by atoms with Gasteiger partial charge in [0.15, 0.2) is 0 Å². The largest absolute Gasteiger partial charge is 0.369 e. The standard InChI is InChI=1S/C26H38FN3S/c1-5-8-23(6-2)17-21(3)19-28-12-14-29(15-13-28)22(4)25-10-9-24(18-26(25)27)20-30-11-7-16-31-30/h6,9-10,17-18H,4-5,7-8,11-16,19-20H2,1-3H3/b21-17-,23-6-. The van der Waals surface area contributed by atoms with Crippen LogP contribution in [0.2, 0.25) is 0 Å². The third kappa shape index (κ3) is 6.96. The van der Waals surface area contributed by atoms with Gasteiger partial charge in [-0.25, -0.2) is 8.70 Å². The fourth-order valence-corrected chi connectivity index (χ4v) is 5.38. The first-order valence-electron chi connectivity index (χ1n) is 11.7. The Morgan fingerprint density at radius 3 is 2.58 bits per heavy atom. The summed E-state index contributed by atoms with van der Waals surface area (Å²) in [6, 6.07) is 5.67. The van der Waals surface area contributed by atoms with Crippen molar-refractivity contribution in [3.05, 3.63) is 65.0 Å². The summed E-state index contributed by atoms with van der Waals surface area (Å²) in [6.07, 6.45) is 8.10. The predicted molar refractivity (Wildman–Crippen MR) is 133 cm³/mol. The van der Waals surface area contributed by atoms with E-state index >= 15 is 0 Å². The van der Waals surface area contributed by atoms with Crippen molar-refractivity contribution in [2.24, 2.45) is 0 Å². The molecule has 31 heavy (non-hydrogen) atoms. The normalized spacial score (nSPS) is 19.3. The molecule has 0 radical (unpaired) electrons. The molecule has 2 fully saturated rings. The Morgan fingerprint density at radius 1 is 1.19 bits per heavy atom. The summed E-state index contributed by atoms with van der Waals surface area (Å²) in [4.78, 5) is 4.72. The molecule has 170 valence electrons. The number of nitrogens with zero attached hydrogens (tertiary/aromatic N) is 3. The highest BCUT2D eigenvalue weighted by atomic mass is 32.2. The van der Waals surface area contributed by atoms with Crippen LogP contribution in [0.4, 0.5) is 4.39 Å². The van der Waals surface area contributed by atoms with Crippen LogP contribution in [0.3, 0.4) is 0 Å². The van der Waals surface area contributed by atoms with Crippen LogP contribution in [0, 0.1) is 5.82 Å². The van der Waals surface area contributed by atoms with E-state index in [4.69, 9.17) is 0 Å². The summed E-state index contributed by atoms with van der Waals surface area (Å²) in [6.45, 7) is 17.5. The minimum absolute atomic E-state index is 0.150. The Hall–Kier alpha value is -1.56. The number of benzene rings is 1. The van der Waals surface area contributed by atoms with Gasteiger partial charge in [-0.2, -0.15) is 0 Å². The van der Waals surface area contributed by atoms with Crippen molar-refractivity contribution < 1.29 is 4.39 Å². The molecule has 5 heteroatoms. The number of rotatable bonds is 9. The Labute approximate surface area is 192 Å². The van der Waals surface area contributed by atoms with E-state index in [1.54, 1.807) is 6.07 Å². The summed E-state index contributed by atoms with van der Waals surface area (Å²) in [5.41, 5.74) is 5.32. The van der Waals surface area contributed by atoms with E-state index in [0.717, 1.165) is 63.5 Å². The third-order valence-electron chi connectivity index (χ3n) is 6.10. The van der Waals surface area contributed by atoms with E-state index in [9.17, 15) is 4.39 Å². The molecule has 0 atom stereocenters. The van der Waals surface area contributed by atoms with Gasteiger partial charge in [-0.1, -0.05) is 61.2 Å². The second-order valence-corrected chi connectivity index (χ2v) is 9.86. The quantitative estimate of drug-likeness (QED) is 0.344. The Morgan fingerprint density at radius 2 is 1.97 bits per heavy atom. The van der Waals surface area contributed by atoms with Crippen LogP contribution in [0.5, 0.6) is 0 Å². The lowest BCUT2D eigenvalue weighted by molar-refractivity contribution is 0.187. The van der Waals surface area contributed by atoms with Gasteiger partial charge in [0, 0.05) is 62.8 Å². The van der Waals surface area contributed by atoms with Gasteiger partial charge < -0.3 is 4.90 Å². The molecule has 2 aliphatic rings. The van der Waals surface area contributed by atoms with Crippen molar-refractivity contribution in [3.63, 3.8) is 0 Å². The monoisotopic (exact) mass is 443 g/mol. The van der Waals surface area contributed by atoms with Gasteiger partial charge in [0.05, 0.1) is 0 Å². The maximum absolute atomic E-state index is 14.9. The molecule has 0 amide bonds. The molecular weight excluding hydrogens is 405 g/mol. The minimum atomic E-state index is -0.150. The zero-order valence-electron chi connectivity index (χ0n) is 19.5. The lowest BCUT2D eigenvalue weighted by atomic mass is 10.1. The molecular formula is C26H38FN3S. The molecule has 0 spiro atoms. The van der Waals surface area contributed by atoms with Crippen LogP contribution >= 0.6 is 11.9 Å². The highest BCUT2D eigenvalue weighted by Gasteiger charge is 2.21. The van der Waals surface area contributed by atoms with E-state index in [-0.39, 0.29) is 5.82 Å². The molecule has 0 saturated carbocycles. The lowest BCUT2D eigenvalue weighted by Crippen LogP contribution is -2.45. The molecule has 2 heterocycles. The first-order valence-corrected chi connectivity index (χ1v) is 12.6. The average Bonchev–Trinajstić information content (AvgIpc) is 3.26. The van der Waals surface area contributed by atoms with Gasteiger partial charge in [0.1, 0.15) is 5.82 Å². The van der Waals surface area contributed by atoms with Crippen molar-refractivity contribution in [1.82, 2.24) is 14.1 Å². The maximum Gasteiger partial charge on any atom is 0.132 e. The highest BCUT2D eigenvalue weighted by Crippen LogP contribution is 2.26. The van der Waals surface area contributed by atoms with E-state index in [1.165, 1.54) is 29.7 Å². The van der Waals surface area contributed by atoms with Crippen molar-refractivity contribution in [1.29, 1.82) is 0 Å². The molecule has 2 saturated heterocycles. The number of halogens is 1. The molecule has 2 aliphatic heterocycles. The molecule has 0 N–H and O–H groups in total. The van der Waals surface area contributed by atoms with Crippen molar-refractivity contribution in [3.8, 4) is 0 Å². The Balaban J connectivity index is 1.52. The van der Waals surface area contributed by atoms with Crippen molar-refractivity contribution in [2.45, 2.75) is 46.6 Å². The smallest absolute Gasteiger partial charge is 0.132 e. The molecule has 0 aromatic heterocycles. The summed E-state index contributed by atoms with van der Waals surface area (Å²) in [5.74, 6) is 1.02. The maximum atomic E-state index is 14.9. The molecule has 1 aromatic rings. The van der Waals surface area contributed by atoms with E-state index in [0.29, 0.717) is 5.56 Å². The van der Waals surface area contributed by atoms with Crippen LogP contribution in [0.1, 0.15) is 51.2 Å². The zero-order chi connectivity index (χ0) is 22.2. The highest BCUT2D eigenvalue weighted by molar-refractivity contribution is 7.97. The number of hydrogen-bond acceptors (Lipinski definition) is 4. The van der Waals surface area contributed by atoms with Gasteiger partial charge in [0.25, 0.3) is 0 Å². The van der Waals surface area contributed by atoms with Crippen molar-refractivity contribution in [2.75, 3.05) is 45.0 Å². The summed E-state index contributed by atoms with van der Waals surface area (Å²) < 4.78 is 17.2. The fraction of sp³-hybridized carbons (Fsp3) is 0.538. The lowest BCUT2D eigenvalue weighted by Gasteiger charge is -2.37. The van der Waals surface area contributed by atoms with Crippen LogP contribution in [-0.4, -0.2) is 59.1 Å². The summed E-state index contributed by atoms with van der Waals surface area (Å²) in [7, 11) is 0. The van der Waals surface area contributed by atoms with E-state index in [2.05, 4.69) is 59.7 Å². The molecule has 3 nitrogen and oxygen atoms in total. The Bertz CT molecular complexity index is 803. The number of hydrogen-bond donors (Lipinski definition) is 0. The topological polar surface area (TPSA) is 9.72 Å². The van der Waals surface area contributed by atoms with Gasteiger partial charge in [-0.3, -0.25) is 4.90 Å². The third-order valence-corrected chi connectivity index (χ3v) is 7.25. The molecule has 0 aliphatic carbocycles. The minimum Gasteiger partial charge on any atom is -0.369 e. The van der Waals surface area contributed by atoms with E-state index in [1.807, 2.05) is 18.0 Å². The molecule has 3 rings (SSSR count). The summed E-state index contributed by atoms with van der Waals surface area (Å²) in [5, 5.41) is 0. The number of allylic oxidation sites excluding steroid dienone is 3. The fourth-order valence-electron chi connectivity index (χ4n) is 4.37. The van der Waals surface area contributed by atoms with Crippen LogP contribution in [-0.2, 0) is 6.54 Å². The second kappa shape index (κ2) is 11.9. The van der Waals surface area contributed by atoms with Crippen LogP contribution in [0.25, 0.3) is 5.70 Å². The van der Waals surface area contributed by atoms with Crippen LogP contribution in [0.15, 0.2) is 48.1 Å². The van der Waals surface area contributed by atoms with Gasteiger partial charge >= 0.3 is 0 Å². The number of piperazine rings is 1. The molecule has 1 aromatic carbocycles. The first kappa shape index (κ1) is 24.1. The SMILES string of the molecule is C=C(c1ccc(CN2CCCS2)cc1F)N1CCN(C/C(C)=C\C(=C/C)CCC)CC1. The predicted octanol–water partition coefficient (Wildman–Crippen LogP) is 5.96. The average molecular weight is 444 g/mol. The zero-order valence-corrected chi connectivity index (χ0v) is 20.3. The summed E-state index contributed by atoms with van der Waals surface area (Å²) >= 11 is 1.86. The first-order chi connectivity index (χ1) is 15.0.